The lowest BCUT2D eigenvalue weighted by Crippen LogP contribution is -2.11. The van der Waals surface area contributed by atoms with Crippen molar-refractivity contribution >= 4 is 15.9 Å². The molecule has 0 saturated heterocycles. The van der Waals surface area contributed by atoms with Gasteiger partial charge in [0.1, 0.15) is 18.1 Å². The summed E-state index contributed by atoms with van der Waals surface area (Å²) in [7, 11) is 1.63. The van der Waals surface area contributed by atoms with Crippen LogP contribution in [0.1, 0.15) is 11.6 Å². The van der Waals surface area contributed by atoms with Gasteiger partial charge < -0.3 is 15.2 Å². The minimum atomic E-state index is -0.0560. The van der Waals surface area contributed by atoms with Gasteiger partial charge in [0.05, 0.1) is 17.6 Å². The zero-order chi connectivity index (χ0) is 9.42. The Labute approximate surface area is 85.0 Å². The van der Waals surface area contributed by atoms with Crippen molar-refractivity contribution in [2.24, 2.45) is 5.73 Å². The topological polar surface area (TPSA) is 44.5 Å². The summed E-state index contributed by atoms with van der Waals surface area (Å²) in [5.41, 5.74) is 6.86. The van der Waals surface area contributed by atoms with Crippen LogP contribution in [0.15, 0.2) is 16.6 Å². The first-order valence-corrected chi connectivity index (χ1v) is 4.78. The van der Waals surface area contributed by atoms with Crippen molar-refractivity contribution in [3.8, 4) is 11.5 Å². The molecular weight excluding hydrogens is 234 g/mol. The van der Waals surface area contributed by atoms with Crippen LogP contribution >= 0.6 is 15.9 Å². The van der Waals surface area contributed by atoms with Crippen molar-refractivity contribution in [3.05, 3.63) is 22.2 Å². The van der Waals surface area contributed by atoms with E-state index in [4.69, 9.17) is 15.2 Å². The third-order valence-electron chi connectivity index (χ3n) is 2.11. The van der Waals surface area contributed by atoms with Crippen LogP contribution in [0.4, 0.5) is 0 Å². The van der Waals surface area contributed by atoms with Crippen LogP contribution in [0, 0.1) is 0 Å². The van der Waals surface area contributed by atoms with E-state index in [1.54, 1.807) is 7.11 Å². The van der Waals surface area contributed by atoms with Gasteiger partial charge in [0.2, 0.25) is 0 Å². The van der Waals surface area contributed by atoms with Gasteiger partial charge in [0.25, 0.3) is 0 Å². The Bertz CT molecular complexity index is 341. The van der Waals surface area contributed by atoms with Gasteiger partial charge in [-0.15, -0.1) is 0 Å². The SMILES string of the molecule is COc1ccc2c(c1Br)C(N)CO2. The highest BCUT2D eigenvalue weighted by atomic mass is 79.9. The van der Waals surface area contributed by atoms with E-state index in [0.717, 1.165) is 21.5 Å². The van der Waals surface area contributed by atoms with E-state index in [2.05, 4.69) is 15.9 Å². The van der Waals surface area contributed by atoms with E-state index >= 15 is 0 Å². The van der Waals surface area contributed by atoms with E-state index in [-0.39, 0.29) is 6.04 Å². The van der Waals surface area contributed by atoms with Gasteiger partial charge >= 0.3 is 0 Å². The van der Waals surface area contributed by atoms with Crippen LogP contribution < -0.4 is 15.2 Å². The molecule has 13 heavy (non-hydrogen) atoms. The monoisotopic (exact) mass is 243 g/mol. The second-order valence-electron chi connectivity index (χ2n) is 2.91. The molecule has 0 aliphatic carbocycles. The number of hydrogen-bond donors (Lipinski definition) is 1. The van der Waals surface area contributed by atoms with Gasteiger partial charge in [0, 0.05) is 5.56 Å². The number of hydrogen-bond acceptors (Lipinski definition) is 3. The minimum Gasteiger partial charge on any atom is -0.496 e. The number of halogens is 1. The fourth-order valence-corrected chi connectivity index (χ4v) is 2.23. The summed E-state index contributed by atoms with van der Waals surface area (Å²) in [6.07, 6.45) is 0. The van der Waals surface area contributed by atoms with Crippen molar-refractivity contribution in [2.45, 2.75) is 6.04 Å². The van der Waals surface area contributed by atoms with Gasteiger partial charge in [-0.2, -0.15) is 0 Å². The summed E-state index contributed by atoms with van der Waals surface area (Å²) >= 11 is 3.45. The van der Waals surface area contributed by atoms with Crippen molar-refractivity contribution in [1.29, 1.82) is 0 Å². The molecule has 1 unspecified atom stereocenters. The van der Waals surface area contributed by atoms with Crippen LogP contribution in [0.2, 0.25) is 0 Å². The van der Waals surface area contributed by atoms with Gasteiger partial charge in [-0.05, 0) is 28.1 Å². The van der Waals surface area contributed by atoms with Gasteiger partial charge in [0.15, 0.2) is 0 Å². The Hall–Kier alpha value is -0.740. The predicted molar refractivity (Wildman–Crippen MR) is 53.1 cm³/mol. The Morgan fingerprint density at radius 2 is 2.38 bits per heavy atom. The minimum absolute atomic E-state index is 0.0560. The highest BCUT2D eigenvalue weighted by molar-refractivity contribution is 9.10. The zero-order valence-corrected chi connectivity index (χ0v) is 8.80. The van der Waals surface area contributed by atoms with Crippen molar-refractivity contribution in [1.82, 2.24) is 0 Å². The smallest absolute Gasteiger partial charge is 0.133 e. The summed E-state index contributed by atoms with van der Waals surface area (Å²) in [6.45, 7) is 0.543. The Kier molecular flexibility index (Phi) is 2.17. The van der Waals surface area contributed by atoms with Crippen LogP contribution in [-0.4, -0.2) is 13.7 Å². The summed E-state index contributed by atoms with van der Waals surface area (Å²) < 4.78 is 11.4. The largest absolute Gasteiger partial charge is 0.496 e. The molecule has 1 heterocycles. The molecule has 4 heteroatoms. The van der Waals surface area contributed by atoms with Crippen molar-refractivity contribution in [3.63, 3.8) is 0 Å². The maximum atomic E-state index is 5.86. The molecule has 2 rings (SSSR count). The lowest BCUT2D eigenvalue weighted by molar-refractivity contribution is 0.333. The standard InChI is InChI=1S/C9H10BrNO2/c1-12-7-3-2-6-8(9(7)10)5(11)4-13-6/h2-3,5H,4,11H2,1H3. The molecule has 3 nitrogen and oxygen atoms in total. The molecule has 0 bridgehead atoms. The summed E-state index contributed by atoms with van der Waals surface area (Å²) in [6, 6.07) is 3.69. The van der Waals surface area contributed by atoms with Crippen LogP contribution in [-0.2, 0) is 0 Å². The first-order chi connectivity index (χ1) is 6.24. The summed E-state index contributed by atoms with van der Waals surface area (Å²) in [5, 5.41) is 0. The third-order valence-corrected chi connectivity index (χ3v) is 2.93. The quantitative estimate of drug-likeness (QED) is 0.819. The van der Waals surface area contributed by atoms with E-state index in [1.165, 1.54) is 0 Å². The van der Waals surface area contributed by atoms with Crippen molar-refractivity contribution in [2.75, 3.05) is 13.7 Å². The first kappa shape index (κ1) is 8.84. The number of rotatable bonds is 1. The average Bonchev–Trinajstić information content (AvgIpc) is 2.49. The molecule has 1 aliphatic rings. The summed E-state index contributed by atoms with van der Waals surface area (Å²) in [4.78, 5) is 0. The molecule has 0 fully saturated rings. The molecule has 1 aromatic carbocycles. The molecule has 2 N–H and O–H groups in total. The number of fused-ring (bicyclic) bond motifs is 1. The second-order valence-corrected chi connectivity index (χ2v) is 3.70. The number of nitrogens with two attached hydrogens (primary N) is 1. The van der Waals surface area contributed by atoms with E-state index in [9.17, 15) is 0 Å². The third kappa shape index (κ3) is 1.30. The average molecular weight is 244 g/mol. The van der Waals surface area contributed by atoms with Crippen LogP contribution in [0.3, 0.4) is 0 Å². The highest BCUT2D eigenvalue weighted by Crippen LogP contribution is 2.41. The molecule has 1 aliphatic heterocycles. The van der Waals surface area contributed by atoms with Gasteiger partial charge in [-0.25, -0.2) is 0 Å². The fourth-order valence-electron chi connectivity index (χ4n) is 1.45. The van der Waals surface area contributed by atoms with Crippen molar-refractivity contribution < 1.29 is 9.47 Å². The maximum absolute atomic E-state index is 5.86. The molecule has 0 saturated carbocycles. The second kappa shape index (κ2) is 3.20. The number of methoxy groups -OCH3 is 1. The molecule has 0 amide bonds. The van der Waals surface area contributed by atoms with Crippen LogP contribution in [0.5, 0.6) is 11.5 Å². The molecule has 0 aromatic heterocycles. The van der Waals surface area contributed by atoms with Crippen LogP contribution in [0.25, 0.3) is 0 Å². The number of benzene rings is 1. The Morgan fingerprint density at radius 3 is 3.08 bits per heavy atom. The Morgan fingerprint density at radius 1 is 1.62 bits per heavy atom. The molecule has 70 valence electrons. The van der Waals surface area contributed by atoms with E-state index in [1.807, 2.05) is 12.1 Å². The molecule has 1 atom stereocenters. The molecular formula is C9H10BrNO2. The normalized spacial score (nSPS) is 19.5. The zero-order valence-electron chi connectivity index (χ0n) is 7.21. The maximum Gasteiger partial charge on any atom is 0.133 e. The Balaban J connectivity index is 2.56. The lowest BCUT2D eigenvalue weighted by atomic mass is 10.1. The predicted octanol–water partition coefficient (Wildman–Crippen LogP) is 1.85. The fraction of sp³-hybridized carbons (Fsp3) is 0.333. The lowest BCUT2D eigenvalue weighted by Gasteiger charge is -2.08. The highest BCUT2D eigenvalue weighted by Gasteiger charge is 2.25. The molecule has 0 spiro atoms. The first-order valence-electron chi connectivity index (χ1n) is 3.99. The molecule has 0 radical (unpaired) electrons. The summed E-state index contributed by atoms with van der Waals surface area (Å²) in [5.74, 6) is 1.64. The number of ether oxygens (including phenoxy) is 2. The van der Waals surface area contributed by atoms with E-state index in [0.29, 0.717) is 6.61 Å². The van der Waals surface area contributed by atoms with E-state index < -0.39 is 0 Å². The molecule has 1 aromatic rings. The van der Waals surface area contributed by atoms with Gasteiger partial charge in [-0.3, -0.25) is 0 Å². The van der Waals surface area contributed by atoms with Gasteiger partial charge in [-0.1, -0.05) is 0 Å².